The molecule has 5 nitrogen and oxygen atoms in total. The Bertz CT molecular complexity index is 995. The van der Waals surface area contributed by atoms with E-state index in [0.717, 1.165) is 30.6 Å². The van der Waals surface area contributed by atoms with Crippen molar-refractivity contribution in [3.05, 3.63) is 51.2 Å². The van der Waals surface area contributed by atoms with Crippen molar-refractivity contribution in [3.8, 4) is 5.75 Å². The summed E-state index contributed by atoms with van der Waals surface area (Å²) in [6, 6.07) is 8.18. The first kappa shape index (κ1) is 23.8. The molecule has 2 aromatic rings. The second-order valence-corrected chi connectivity index (χ2v) is 11.0. The molecule has 0 radical (unpaired) electrons. The van der Waals surface area contributed by atoms with Crippen LogP contribution in [0.4, 0.5) is 0 Å². The lowest BCUT2D eigenvalue weighted by atomic mass is 10.00. The second kappa shape index (κ2) is 10.3. The SMILES string of the molecule is Cc1ccc(OC[C@@H]2c3ccsc3CCN2C(=O)CN(CC2CC2)C(=O)CC(C)C)c(C)c1. The quantitative estimate of drug-likeness (QED) is 0.511. The first-order chi connectivity index (χ1) is 15.8. The summed E-state index contributed by atoms with van der Waals surface area (Å²) in [5, 5.41) is 2.11. The van der Waals surface area contributed by atoms with E-state index in [-0.39, 0.29) is 30.3 Å². The Labute approximate surface area is 201 Å². The summed E-state index contributed by atoms with van der Waals surface area (Å²) in [5.74, 6) is 1.83. The van der Waals surface area contributed by atoms with Gasteiger partial charge in [0.25, 0.3) is 0 Å². The predicted molar refractivity (Wildman–Crippen MR) is 133 cm³/mol. The van der Waals surface area contributed by atoms with E-state index < -0.39 is 0 Å². The Morgan fingerprint density at radius 2 is 2.00 bits per heavy atom. The van der Waals surface area contributed by atoms with Crippen LogP contribution in [0.25, 0.3) is 0 Å². The zero-order valence-electron chi connectivity index (χ0n) is 20.3. The van der Waals surface area contributed by atoms with Gasteiger partial charge in [0, 0.05) is 24.4 Å². The molecule has 0 unspecified atom stereocenters. The summed E-state index contributed by atoms with van der Waals surface area (Å²) in [6.07, 6.45) is 3.68. The Kier molecular flexibility index (Phi) is 7.42. The van der Waals surface area contributed by atoms with E-state index in [4.69, 9.17) is 4.74 Å². The van der Waals surface area contributed by atoms with Crippen LogP contribution in [0.2, 0.25) is 0 Å². The van der Waals surface area contributed by atoms with Gasteiger partial charge in [0.15, 0.2) is 0 Å². The third kappa shape index (κ3) is 5.97. The number of ether oxygens (including phenoxy) is 1. The van der Waals surface area contributed by atoms with Crippen molar-refractivity contribution in [2.24, 2.45) is 11.8 Å². The first-order valence-electron chi connectivity index (χ1n) is 12.2. The molecule has 2 heterocycles. The molecule has 2 amide bonds. The Balaban J connectivity index is 1.49. The molecule has 33 heavy (non-hydrogen) atoms. The number of amides is 2. The zero-order chi connectivity index (χ0) is 23.5. The molecule has 1 aromatic heterocycles. The number of carbonyl (C=O) groups excluding carboxylic acids is 2. The van der Waals surface area contributed by atoms with Gasteiger partial charge >= 0.3 is 0 Å². The minimum absolute atomic E-state index is 0.0267. The van der Waals surface area contributed by atoms with Crippen molar-refractivity contribution >= 4 is 23.2 Å². The van der Waals surface area contributed by atoms with E-state index in [9.17, 15) is 9.59 Å². The highest BCUT2D eigenvalue weighted by atomic mass is 32.1. The van der Waals surface area contributed by atoms with E-state index in [0.29, 0.717) is 32.0 Å². The lowest BCUT2D eigenvalue weighted by Gasteiger charge is -2.37. The molecule has 1 aliphatic carbocycles. The fourth-order valence-corrected chi connectivity index (χ4v) is 5.53. The van der Waals surface area contributed by atoms with Crippen molar-refractivity contribution in [2.75, 3.05) is 26.2 Å². The molecule has 0 saturated heterocycles. The molecule has 1 fully saturated rings. The number of carbonyl (C=O) groups is 2. The number of thiophene rings is 1. The highest BCUT2D eigenvalue weighted by molar-refractivity contribution is 7.10. The van der Waals surface area contributed by atoms with Crippen LogP contribution in [-0.2, 0) is 16.0 Å². The minimum Gasteiger partial charge on any atom is -0.491 e. The van der Waals surface area contributed by atoms with Crippen LogP contribution in [0.15, 0.2) is 29.6 Å². The standard InChI is InChI=1S/C27H36N2O3S/c1-18(2)13-26(30)28(15-21-6-7-21)16-27(31)29-11-9-25-22(10-12-33-25)23(29)17-32-24-8-5-19(3)14-20(24)4/h5,8,10,12,14,18,21,23H,6-7,9,11,13,15-17H2,1-4H3/t23-/m1/s1. The highest BCUT2D eigenvalue weighted by Crippen LogP contribution is 2.35. The van der Waals surface area contributed by atoms with Crippen LogP contribution in [0.1, 0.15) is 60.7 Å². The maximum atomic E-state index is 13.5. The molecular weight excluding hydrogens is 432 g/mol. The molecule has 0 bridgehead atoms. The number of fused-ring (bicyclic) bond motifs is 1. The molecule has 1 saturated carbocycles. The lowest BCUT2D eigenvalue weighted by molar-refractivity contribution is -0.143. The van der Waals surface area contributed by atoms with E-state index in [1.54, 1.807) is 11.3 Å². The number of hydrogen-bond acceptors (Lipinski definition) is 4. The molecule has 2 aliphatic rings. The molecular formula is C27H36N2O3S. The summed E-state index contributed by atoms with van der Waals surface area (Å²) >= 11 is 1.75. The number of rotatable bonds is 9. The fourth-order valence-electron chi connectivity index (χ4n) is 4.60. The molecule has 0 spiro atoms. The van der Waals surface area contributed by atoms with Crippen molar-refractivity contribution < 1.29 is 14.3 Å². The first-order valence-corrected chi connectivity index (χ1v) is 13.0. The molecule has 0 N–H and O–H groups in total. The predicted octanol–water partition coefficient (Wildman–Crippen LogP) is 5.15. The van der Waals surface area contributed by atoms with Gasteiger partial charge in [-0.1, -0.05) is 31.5 Å². The summed E-state index contributed by atoms with van der Waals surface area (Å²) in [5.41, 5.74) is 3.49. The summed E-state index contributed by atoms with van der Waals surface area (Å²) in [6.45, 7) is 10.2. The number of aryl methyl sites for hydroxylation is 2. The van der Waals surface area contributed by atoms with E-state index in [1.807, 2.05) is 15.9 Å². The van der Waals surface area contributed by atoms with E-state index >= 15 is 0 Å². The monoisotopic (exact) mass is 468 g/mol. The molecule has 1 aliphatic heterocycles. The average Bonchev–Trinajstić information content (AvgIpc) is 3.44. The van der Waals surface area contributed by atoms with Gasteiger partial charge in [-0.2, -0.15) is 0 Å². The van der Waals surface area contributed by atoms with Crippen LogP contribution in [0, 0.1) is 25.7 Å². The van der Waals surface area contributed by atoms with E-state index in [1.165, 1.54) is 16.0 Å². The molecule has 6 heteroatoms. The third-order valence-corrected chi connectivity index (χ3v) is 7.58. The molecule has 1 atom stereocenters. The van der Waals surface area contributed by atoms with Crippen LogP contribution in [0.3, 0.4) is 0 Å². The Morgan fingerprint density at radius 3 is 2.70 bits per heavy atom. The average molecular weight is 469 g/mol. The van der Waals surface area contributed by atoms with Gasteiger partial charge in [-0.25, -0.2) is 0 Å². The van der Waals surface area contributed by atoms with Crippen LogP contribution in [-0.4, -0.2) is 47.9 Å². The maximum absolute atomic E-state index is 13.5. The largest absolute Gasteiger partial charge is 0.491 e. The normalized spacial score (nSPS) is 17.7. The van der Waals surface area contributed by atoms with Crippen LogP contribution < -0.4 is 4.74 Å². The van der Waals surface area contributed by atoms with Gasteiger partial charge in [-0.15, -0.1) is 11.3 Å². The van der Waals surface area contributed by atoms with Gasteiger partial charge in [0.2, 0.25) is 11.8 Å². The minimum atomic E-state index is -0.129. The number of nitrogens with zero attached hydrogens (tertiary/aromatic N) is 2. The number of hydrogen-bond donors (Lipinski definition) is 0. The van der Waals surface area contributed by atoms with Crippen molar-refractivity contribution in [1.82, 2.24) is 9.80 Å². The maximum Gasteiger partial charge on any atom is 0.242 e. The van der Waals surface area contributed by atoms with Gasteiger partial charge in [-0.05, 0) is 73.6 Å². The van der Waals surface area contributed by atoms with Crippen molar-refractivity contribution in [1.29, 1.82) is 0 Å². The van der Waals surface area contributed by atoms with Crippen molar-refractivity contribution in [2.45, 2.75) is 59.4 Å². The summed E-state index contributed by atoms with van der Waals surface area (Å²) in [7, 11) is 0. The topological polar surface area (TPSA) is 49.9 Å². The third-order valence-electron chi connectivity index (χ3n) is 6.58. The Hall–Kier alpha value is -2.34. The van der Waals surface area contributed by atoms with Gasteiger partial charge in [-0.3, -0.25) is 9.59 Å². The fraction of sp³-hybridized carbons (Fsp3) is 0.556. The van der Waals surface area contributed by atoms with Gasteiger partial charge < -0.3 is 14.5 Å². The number of benzene rings is 1. The summed E-state index contributed by atoms with van der Waals surface area (Å²) < 4.78 is 6.25. The molecule has 4 rings (SSSR count). The Morgan fingerprint density at radius 1 is 1.21 bits per heavy atom. The lowest BCUT2D eigenvalue weighted by Crippen LogP contribution is -2.48. The highest BCUT2D eigenvalue weighted by Gasteiger charge is 2.35. The van der Waals surface area contributed by atoms with Crippen molar-refractivity contribution in [3.63, 3.8) is 0 Å². The smallest absolute Gasteiger partial charge is 0.242 e. The molecule has 1 aromatic carbocycles. The van der Waals surface area contributed by atoms with Crippen LogP contribution in [0.5, 0.6) is 5.75 Å². The van der Waals surface area contributed by atoms with Gasteiger partial charge in [0.1, 0.15) is 12.4 Å². The van der Waals surface area contributed by atoms with E-state index in [2.05, 4.69) is 51.3 Å². The van der Waals surface area contributed by atoms with Crippen LogP contribution >= 0.6 is 11.3 Å². The zero-order valence-corrected chi connectivity index (χ0v) is 21.1. The second-order valence-electron chi connectivity index (χ2n) is 10.0. The summed E-state index contributed by atoms with van der Waals surface area (Å²) in [4.78, 5) is 31.5. The van der Waals surface area contributed by atoms with Gasteiger partial charge in [0.05, 0.1) is 12.6 Å². The molecule has 178 valence electrons.